The third kappa shape index (κ3) is 1.85. The molecular formula is C15H18N2O. The van der Waals surface area contributed by atoms with Crippen LogP contribution in [0.3, 0.4) is 0 Å². The lowest BCUT2D eigenvalue weighted by atomic mass is 9.85. The van der Waals surface area contributed by atoms with Crippen LogP contribution in [0.1, 0.15) is 0 Å². The van der Waals surface area contributed by atoms with Crippen molar-refractivity contribution in [2.75, 3.05) is 26.7 Å². The summed E-state index contributed by atoms with van der Waals surface area (Å²) in [5, 5.41) is 3.45. The maximum absolute atomic E-state index is 12.4. The van der Waals surface area contributed by atoms with Crippen molar-refractivity contribution in [1.29, 1.82) is 0 Å². The van der Waals surface area contributed by atoms with Crippen molar-refractivity contribution in [3.05, 3.63) is 47.6 Å². The number of rotatable bonds is 0. The van der Waals surface area contributed by atoms with Crippen LogP contribution in [-0.4, -0.2) is 37.5 Å². The lowest BCUT2D eigenvalue weighted by Gasteiger charge is -2.19. The fourth-order valence-corrected chi connectivity index (χ4v) is 3.07. The Hall–Kier alpha value is -1.61. The summed E-state index contributed by atoms with van der Waals surface area (Å²) in [6, 6.07) is 0. The highest BCUT2D eigenvalue weighted by molar-refractivity contribution is 5.98. The minimum atomic E-state index is 0.149. The fourth-order valence-electron chi connectivity index (χ4n) is 3.07. The van der Waals surface area contributed by atoms with Gasteiger partial charge in [0.05, 0.1) is 0 Å². The standard InChI is InChI=1S/C15H18N2O/c1-17-10-11-8-16-9-14(11)12-6-4-2-3-5-7-13(12)15(17)18/h2-7,11,14,16H,8-10H2,1H3/b3-2?,4-2-,5-3-,6-4?,7-5?,12-6+,13-7+. The molecule has 0 aromatic rings. The fraction of sp³-hybridized carbons (Fsp3) is 0.400. The number of nitrogens with zero attached hydrogens (tertiary/aromatic N) is 1. The van der Waals surface area contributed by atoms with Crippen LogP contribution in [0.15, 0.2) is 47.6 Å². The summed E-state index contributed by atoms with van der Waals surface area (Å²) in [7, 11) is 1.90. The van der Waals surface area contributed by atoms with Crippen molar-refractivity contribution < 1.29 is 4.79 Å². The van der Waals surface area contributed by atoms with Gasteiger partial charge in [0.25, 0.3) is 5.91 Å². The highest BCUT2D eigenvalue weighted by Crippen LogP contribution is 2.34. The minimum absolute atomic E-state index is 0.149. The van der Waals surface area contributed by atoms with Gasteiger partial charge in [-0.25, -0.2) is 0 Å². The molecule has 18 heavy (non-hydrogen) atoms. The first-order valence-electron chi connectivity index (χ1n) is 6.49. The Balaban J connectivity index is 2.09. The van der Waals surface area contributed by atoms with Crippen LogP contribution in [0, 0.1) is 11.8 Å². The second-order valence-corrected chi connectivity index (χ2v) is 5.18. The molecule has 0 radical (unpaired) electrons. The Morgan fingerprint density at radius 1 is 1.17 bits per heavy atom. The molecule has 3 aliphatic rings. The van der Waals surface area contributed by atoms with E-state index >= 15 is 0 Å². The van der Waals surface area contributed by atoms with Crippen molar-refractivity contribution in [3.63, 3.8) is 0 Å². The Bertz CT molecular complexity index is 485. The third-order valence-electron chi connectivity index (χ3n) is 4.01. The summed E-state index contributed by atoms with van der Waals surface area (Å²) in [6.45, 7) is 2.83. The van der Waals surface area contributed by atoms with Gasteiger partial charge >= 0.3 is 0 Å². The molecule has 3 heteroatoms. The molecule has 0 spiro atoms. The second-order valence-electron chi connectivity index (χ2n) is 5.18. The number of carbonyl (C=O) groups excluding carboxylic acids is 1. The largest absolute Gasteiger partial charge is 0.341 e. The zero-order chi connectivity index (χ0) is 12.5. The maximum atomic E-state index is 12.4. The Morgan fingerprint density at radius 3 is 2.78 bits per heavy atom. The molecule has 2 unspecified atom stereocenters. The molecule has 0 bridgehead atoms. The summed E-state index contributed by atoms with van der Waals surface area (Å²) in [6.07, 6.45) is 12.0. The molecule has 0 aromatic carbocycles. The molecule has 0 saturated carbocycles. The van der Waals surface area contributed by atoms with Gasteiger partial charge in [0.2, 0.25) is 0 Å². The smallest absolute Gasteiger partial charge is 0.253 e. The van der Waals surface area contributed by atoms with Crippen molar-refractivity contribution in [2.45, 2.75) is 0 Å². The average molecular weight is 242 g/mol. The van der Waals surface area contributed by atoms with Crippen LogP contribution in [0.4, 0.5) is 0 Å². The topological polar surface area (TPSA) is 32.3 Å². The molecule has 2 atom stereocenters. The summed E-state index contributed by atoms with van der Waals surface area (Å²) >= 11 is 0. The van der Waals surface area contributed by atoms with E-state index in [1.54, 1.807) is 0 Å². The maximum Gasteiger partial charge on any atom is 0.253 e. The molecule has 1 amide bonds. The molecule has 1 N–H and O–H groups in total. The van der Waals surface area contributed by atoms with Crippen LogP contribution in [0.2, 0.25) is 0 Å². The predicted octanol–water partition coefficient (Wildman–Crippen LogP) is 1.27. The van der Waals surface area contributed by atoms with Gasteiger partial charge in [-0.05, 0) is 17.6 Å². The summed E-state index contributed by atoms with van der Waals surface area (Å²) in [5.74, 6) is 1.14. The van der Waals surface area contributed by atoms with Crippen molar-refractivity contribution in [3.8, 4) is 0 Å². The van der Waals surface area contributed by atoms with Crippen LogP contribution in [0.25, 0.3) is 0 Å². The molecule has 0 aromatic heterocycles. The third-order valence-corrected chi connectivity index (χ3v) is 4.01. The number of amides is 1. The Kier molecular flexibility index (Phi) is 2.92. The van der Waals surface area contributed by atoms with Gasteiger partial charge in [-0.2, -0.15) is 0 Å². The molecule has 3 nitrogen and oxygen atoms in total. The average Bonchev–Trinajstić information content (AvgIpc) is 2.73. The van der Waals surface area contributed by atoms with Gasteiger partial charge < -0.3 is 10.2 Å². The van der Waals surface area contributed by atoms with Gasteiger partial charge in [0, 0.05) is 38.2 Å². The van der Waals surface area contributed by atoms with Gasteiger partial charge in [-0.3, -0.25) is 4.79 Å². The number of nitrogens with one attached hydrogen (secondary N) is 1. The molecule has 2 aliphatic heterocycles. The lowest BCUT2D eigenvalue weighted by molar-refractivity contribution is -0.125. The van der Waals surface area contributed by atoms with Crippen molar-refractivity contribution in [1.82, 2.24) is 10.2 Å². The van der Waals surface area contributed by atoms with Gasteiger partial charge in [-0.1, -0.05) is 30.4 Å². The number of carbonyl (C=O) groups is 1. The molecule has 94 valence electrons. The van der Waals surface area contributed by atoms with E-state index in [0.29, 0.717) is 11.8 Å². The summed E-state index contributed by atoms with van der Waals surface area (Å²) in [4.78, 5) is 14.3. The Labute approximate surface area is 108 Å². The molecule has 2 saturated heterocycles. The molecule has 2 fully saturated rings. The summed E-state index contributed by atoms with van der Waals surface area (Å²) < 4.78 is 0. The predicted molar refractivity (Wildman–Crippen MR) is 71.9 cm³/mol. The molecule has 2 heterocycles. The first-order valence-corrected chi connectivity index (χ1v) is 6.49. The molecule has 3 rings (SSSR count). The molecular weight excluding hydrogens is 224 g/mol. The van der Waals surface area contributed by atoms with Gasteiger partial charge in [0.15, 0.2) is 0 Å². The zero-order valence-electron chi connectivity index (χ0n) is 10.6. The number of fused-ring (bicyclic) bond motifs is 3. The highest BCUT2D eigenvalue weighted by atomic mass is 16.2. The van der Waals surface area contributed by atoms with E-state index in [0.717, 1.165) is 25.2 Å². The van der Waals surface area contributed by atoms with E-state index in [-0.39, 0.29) is 5.91 Å². The van der Waals surface area contributed by atoms with E-state index in [2.05, 4.69) is 11.4 Å². The van der Waals surface area contributed by atoms with Crippen LogP contribution in [-0.2, 0) is 4.79 Å². The van der Waals surface area contributed by atoms with E-state index < -0.39 is 0 Å². The number of hydrogen-bond acceptors (Lipinski definition) is 2. The monoisotopic (exact) mass is 242 g/mol. The highest BCUT2D eigenvalue weighted by Gasteiger charge is 2.38. The minimum Gasteiger partial charge on any atom is -0.341 e. The Morgan fingerprint density at radius 2 is 1.94 bits per heavy atom. The van der Waals surface area contributed by atoms with E-state index in [4.69, 9.17) is 0 Å². The number of allylic oxidation sites excluding steroid dienone is 6. The first kappa shape index (κ1) is 11.5. The van der Waals surface area contributed by atoms with E-state index in [1.807, 2.05) is 42.3 Å². The second kappa shape index (κ2) is 4.58. The SMILES string of the molecule is CN1CC2CNCC2C2=C/C=C\C=C/C=C\2C1=O. The van der Waals surface area contributed by atoms with Crippen molar-refractivity contribution in [2.24, 2.45) is 11.8 Å². The zero-order valence-corrected chi connectivity index (χ0v) is 10.6. The quantitative estimate of drug-likeness (QED) is 0.694. The number of hydrogen-bond donors (Lipinski definition) is 1. The van der Waals surface area contributed by atoms with Crippen LogP contribution >= 0.6 is 0 Å². The van der Waals surface area contributed by atoms with Gasteiger partial charge in [0.1, 0.15) is 0 Å². The van der Waals surface area contributed by atoms with E-state index in [9.17, 15) is 4.79 Å². The normalized spacial score (nSPS) is 40.3. The summed E-state index contributed by atoms with van der Waals surface area (Å²) in [5.41, 5.74) is 2.05. The first-order chi connectivity index (χ1) is 8.77. The van der Waals surface area contributed by atoms with Crippen LogP contribution in [0.5, 0.6) is 0 Å². The van der Waals surface area contributed by atoms with Crippen molar-refractivity contribution >= 4 is 5.91 Å². The molecule has 1 aliphatic carbocycles. The lowest BCUT2D eigenvalue weighted by Crippen LogP contribution is -2.31. The van der Waals surface area contributed by atoms with Crippen LogP contribution < -0.4 is 5.32 Å². The number of likely N-dealkylation sites (tertiary alicyclic amines) is 1. The number of likely N-dealkylation sites (N-methyl/N-ethyl adjacent to an activating group) is 1. The van der Waals surface area contributed by atoms with Gasteiger partial charge in [-0.15, -0.1) is 0 Å². The van der Waals surface area contributed by atoms with E-state index in [1.165, 1.54) is 5.57 Å².